The van der Waals surface area contributed by atoms with E-state index in [0.717, 1.165) is 11.3 Å². The van der Waals surface area contributed by atoms with Crippen LogP contribution in [0.3, 0.4) is 0 Å². The lowest BCUT2D eigenvalue weighted by atomic mass is 10.1. The maximum atomic E-state index is 12.4. The molecule has 1 heterocycles. The molecule has 118 valence electrons. The van der Waals surface area contributed by atoms with Crippen LogP contribution in [-0.2, 0) is 16.0 Å². The highest BCUT2D eigenvalue weighted by molar-refractivity contribution is 6.34. The first-order chi connectivity index (χ1) is 11.1. The van der Waals surface area contributed by atoms with Crippen LogP contribution in [-0.4, -0.2) is 25.0 Å². The van der Waals surface area contributed by atoms with Crippen molar-refractivity contribution in [2.24, 2.45) is 0 Å². The molecule has 5 nitrogen and oxygen atoms in total. The fraction of sp³-hybridized carbons (Fsp3) is 0.176. The van der Waals surface area contributed by atoms with Gasteiger partial charge < -0.3 is 15.4 Å². The second-order valence-electron chi connectivity index (χ2n) is 5.23. The number of fused-ring (bicyclic) bond motifs is 1. The number of ether oxygens (including phenoxy) is 1. The van der Waals surface area contributed by atoms with Crippen LogP contribution in [0.2, 0.25) is 5.02 Å². The van der Waals surface area contributed by atoms with Crippen LogP contribution < -0.4 is 10.6 Å². The van der Waals surface area contributed by atoms with E-state index < -0.39 is 5.97 Å². The lowest BCUT2D eigenvalue weighted by Gasteiger charge is -2.13. The van der Waals surface area contributed by atoms with E-state index in [4.69, 9.17) is 11.6 Å². The summed E-state index contributed by atoms with van der Waals surface area (Å²) < 4.78 is 4.67. The fourth-order valence-electron chi connectivity index (χ4n) is 2.54. The number of hydrogen-bond acceptors (Lipinski definition) is 4. The fourth-order valence-corrected chi connectivity index (χ4v) is 2.71. The van der Waals surface area contributed by atoms with Gasteiger partial charge in [0.25, 0.3) is 0 Å². The number of benzene rings is 2. The van der Waals surface area contributed by atoms with Gasteiger partial charge in [-0.3, -0.25) is 4.79 Å². The predicted octanol–water partition coefficient (Wildman–Crippen LogP) is 3.10. The molecule has 2 aromatic carbocycles. The average molecular weight is 331 g/mol. The molecular weight excluding hydrogens is 316 g/mol. The van der Waals surface area contributed by atoms with Crippen molar-refractivity contribution >= 4 is 34.9 Å². The molecule has 0 radical (unpaired) electrons. The van der Waals surface area contributed by atoms with Gasteiger partial charge in [0.2, 0.25) is 5.91 Å². The number of para-hydroxylation sites is 1. The summed E-state index contributed by atoms with van der Waals surface area (Å²) in [5, 5.41) is 6.30. The molecule has 23 heavy (non-hydrogen) atoms. The number of anilines is 2. The summed E-state index contributed by atoms with van der Waals surface area (Å²) >= 11 is 6.10. The van der Waals surface area contributed by atoms with Crippen molar-refractivity contribution in [2.45, 2.75) is 12.5 Å². The number of rotatable bonds is 3. The van der Waals surface area contributed by atoms with E-state index in [1.165, 1.54) is 13.2 Å². The Morgan fingerprint density at radius 2 is 2.04 bits per heavy atom. The molecule has 0 aromatic heterocycles. The normalized spacial score (nSPS) is 15.5. The van der Waals surface area contributed by atoms with E-state index in [1.807, 2.05) is 24.3 Å². The molecule has 1 aliphatic rings. The predicted molar refractivity (Wildman–Crippen MR) is 89.0 cm³/mol. The van der Waals surface area contributed by atoms with Gasteiger partial charge in [-0.2, -0.15) is 0 Å². The number of halogens is 1. The van der Waals surface area contributed by atoms with Crippen LogP contribution in [0.4, 0.5) is 11.4 Å². The first-order valence-corrected chi connectivity index (χ1v) is 7.49. The van der Waals surface area contributed by atoms with Crippen molar-refractivity contribution in [2.75, 3.05) is 17.7 Å². The van der Waals surface area contributed by atoms with Gasteiger partial charge in [-0.25, -0.2) is 4.79 Å². The number of carbonyl (C=O) groups is 2. The van der Waals surface area contributed by atoms with Crippen LogP contribution in [0.5, 0.6) is 0 Å². The van der Waals surface area contributed by atoms with Gasteiger partial charge in [-0.05, 0) is 29.8 Å². The lowest BCUT2D eigenvalue weighted by molar-refractivity contribution is -0.116. The Labute approximate surface area is 138 Å². The van der Waals surface area contributed by atoms with Crippen LogP contribution in [0.25, 0.3) is 0 Å². The van der Waals surface area contributed by atoms with E-state index in [0.29, 0.717) is 22.7 Å². The zero-order chi connectivity index (χ0) is 16.4. The Hall–Kier alpha value is -2.53. The molecular formula is C17H15ClN2O3. The second kappa shape index (κ2) is 6.30. The quantitative estimate of drug-likeness (QED) is 0.849. The largest absolute Gasteiger partial charge is 0.465 e. The van der Waals surface area contributed by atoms with Crippen molar-refractivity contribution in [3.05, 3.63) is 58.6 Å². The number of nitrogens with one attached hydrogen (secondary N) is 2. The molecule has 0 saturated carbocycles. The summed E-state index contributed by atoms with van der Waals surface area (Å²) in [6.45, 7) is 0. The van der Waals surface area contributed by atoms with Crippen LogP contribution in [0.15, 0.2) is 42.5 Å². The van der Waals surface area contributed by atoms with E-state index in [9.17, 15) is 9.59 Å². The smallest absolute Gasteiger partial charge is 0.337 e. The molecule has 2 N–H and O–H groups in total. The van der Waals surface area contributed by atoms with Gasteiger partial charge in [0.05, 0.1) is 23.4 Å². The Morgan fingerprint density at radius 1 is 1.26 bits per heavy atom. The van der Waals surface area contributed by atoms with Crippen molar-refractivity contribution in [3.63, 3.8) is 0 Å². The SMILES string of the molecule is COC(=O)c1ccc(Cl)c(NC(=O)C2Cc3ccccc3N2)c1. The standard InChI is InChI=1S/C17H15ClN2O3/c1-23-17(22)11-6-7-12(18)14(9-11)20-16(21)15-8-10-4-2-3-5-13(10)19-15/h2-7,9,15,19H,8H2,1H3,(H,20,21). The molecule has 2 aromatic rings. The van der Waals surface area contributed by atoms with E-state index in [2.05, 4.69) is 15.4 Å². The summed E-state index contributed by atoms with van der Waals surface area (Å²) in [5.74, 6) is -0.686. The zero-order valence-electron chi connectivity index (χ0n) is 12.4. The second-order valence-corrected chi connectivity index (χ2v) is 5.64. The summed E-state index contributed by atoms with van der Waals surface area (Å²) in [6.07, 6.45) is 0.607. The third kappa shape index (κ3) is 3.14. The van der Waals surface area contributed by atoms with Gasteiger partial charge in [-0.1, -0.05) is 29.8 Å². The van der Waals surface area contributed by atoms with Gasteiger partial charge in [0.1, 0.15) is 6.04 Å². The molecule has 1 aliphatic heterocycles. The summed E-state index contributed by atoms with van der Waals surface area (Å²) in [4.78, 5) is 24.0. The number of methoxy groups -OCH3 is 1. The number of hydrogen-bond donors (Lipinski definition) is 2. The first kappa shape index (κ1) is 15.4. The Morgan fingerprint density at radius 3 is 2.78 bits per heavy atom. The average Bonchev–Trinajstić information content (AvgIpc) is 3.00. The Bertz CT molecular complexity index is 751. The maximum absolute atomic E-state index is 12.4. The lowest BCUT2D eigenvalue weighted by Crippen LogP contribution is -2.32. The van der Waals surface area contributed by atoms with Gasteiger partial charge in [-0.15, -0.1) is 0 Å². The van der Waals surface area contributed by atoms with Crippen molar-refractivity contribution < 1.29 is 14.3 Å². The van der Waals surface area contributed by atoms with E-state index in [-0.39, 0.29) is 11.9 Å². The molecule has 0 saturated heterocycles. The maximum Gasteiger partial charge on any atom is 0.337 e. The van der Waals surface area contributed by atoms with E-state index >= 15 is 0 Å². The first-order valence-electron chi connectivity index (χ1n) is 7.11. The molecule has 1 unspecified atom stereocenters. The van der Waals surface area contributed by atoms with Gasteiger partial charge >= 0.3 is 5.97 Å². The molecule has 1 atom stereocenters. The molecule has 0 bridgehead atoms. The monoisotopic (exact) mass is 330 g/mol. The molecule has 3 rings (SSSR count). The minimum absolute atomic E-state index is 0.204. The summed E-state index contributed by atoms with van der Waals surface area (Å²) in [7, 11) is 1.30. The number of amides is 1. The highest BCUT2D eigenvalue weighted by atomic mass is 35.5. The molecule has 0 aliphatic carbocycles. The minimum Gasteiger partial charge on any atom is -0.465 e. The summed E-state index contributed by atoms with van der Waals surface area (Å²) in [6, 6.07) is 12.0. The Balaban J connectivity index is 1.75. The minimum atomic E-state index is -0.483. The summed E-state index contributed by atoms with van der Waals surface area (Å²) in [5.41, 5.74) is 2.77. The highest BCUT2D eigenvalue weighted by Crippen LogP contribution is 2.27. The van der Waals surface area contributed by atoms with Gasteiger partial charge in [0.15, 0.2) is 0 Å². The molecule has 0 spiro atoms. The number of carbonyl (C=O) groups excluding carboxylic acids is 2. The molecule has 1 amide bonds. The third-order valence-corrected chi connectivity index (χ3v) is 4.06. The van der Waals surface area contributed by atoms with Crippen LogP contribution >= 0.6 is 11.6 Å². The zero-order valence-corrected chi connectivity index (χ0v) is 13.2. The van der Waals surface area contributed by atoms with Gasteiger partial charge in [0, 0.05) is 12.1 Å². The van der Waals surface area contributed by atoms with Crippen molar-refractivity contribution in [3.8, 4) is 0 Å². The topological polar surface area (TPSA) is 67.4 Å². The molecule has 0 fully saturated rings. The number of esters is 1. The van der Waals surface area contributed by atoms with Crippen LogP contribution in [0.1, 0.15) is 15.9 Å². The van der Waals surface area contributed by atoms with Crippen LogP contribution in [0, 0.1) is 0 Å². The van der Waals surface area contributed by atoms with E-state index in [1.54, 1.807) is 12.1 Å². The molecule has 6 heteroatoms. The van der Waals surface area contributed by atoms with Crippen molar-refractivity contribution in [1.29, 1.82) is 0 Å². The highest BCUT2D eigenvalue weighted by Gasteiger charge is 2.26. The van der Waals surface area contributed by atoms with Crippen molar-refractivity contribution in [1.82, 2.24) is 0 Å². The third-order valence-electron chi connectivity index (χ3n) is 3.73. The Kier molecular flexibility index (Phi) is 4.21.